The highest BCUT2D eigenvalue weighted by atomic mass is 32.2. The number of thioether (sulfide) groups is 1. The molecule has 5 unspecified atom stereocenters. The van der Waals surface area contributed by atoms with Crippen molar-refractivity contribution in [3.63, 3.8) is 0 Å². The summed E-state index contributed by atoms with van der Waals surface area (Å²) in [6.45, 7) is 1.19. The molecule has 31 heavy (non-hydrogen) atoms. The minimum atomic E-state index is -1.59. The van der Waals surface area contributed by atoms with Gasteiger partial charge in [0.1, 0.15) is 12.1 Å². The Hall–Kier alpha value is -2.03. The van der Waals surface area contributed by atoms with Crippen LogP contribution in [0.1, 0.15) is 26.2 Å². The highest BCUT2D eigenvalue weighted by molar-refractivity contribution is 7.98. The number of carboxylic acids is 2. The number of aliphatic hydroxyl groups is 1. The van der Waals surface area contributed by atoms with Crippen molar-refractivity contribution in [3.05, 3.63) is 0 Å². The van der Waals surface area contributed by atoms with Crippen LogP contribution in [0.3, 0.4) is 0 Å². The van der Waals surface area contributed by atoms with Gasteiger partial charge in [-0.2, -0.15) is 24.4 Å². The minimum Gasteiger partial charge on any atom is -0.481 e. The van der Waals surface area contributed by atoms with Crippen LogP contribution in [0.15, 0.2) is 0 Å². The first-order valence-corrected chi connectivity index (χ1v) is 11.4. The van der Waals surface area contributed by atoms with Crippen LogP contribution >= 0.6 is 24.4 Å². The van der Waals surface area contributed by atoms with Crippen molar-refractivity contribution in [2.75, 3.05) is 17.8 Å². The third kappa shape index (κ3) is 11.2. The first kappa shape index (κ1) is 29.0. The molecule has 0 fully saturated rings. The van der Waals surface area contributed by atoms with E-state index < -0.39 is 66.4 Å². The molecule has 0 aliphatic carbocycles. The van der Waals surface area contributed by atoms with E-state index in [2.05, 4.69) is 28.6 Å². The standard InChI is InChI=1S/C17H30N4O8S2/c1-8(22)13(17(28)29)21-16(27)11(5-6-31-2)20-15(26)10(3-4-12(23)24)19-14(25)9(18)7-30/h8-11,13,22,30H,3-7,18H2,1-2H3,(H,19,25)(H,20,26)(H,21,27)(H,23,24)(H,28,29). The third-order valence-electron chi connectivity index (χ3n) is 4.10. The first-order valence-electron chi connectivity index (χ1n) is 9.33. The molecule has 0 aromatic heterocycles. The molecule has 3 amide bonds. The van der Waals surface area contributed by atoms with E-state index in [1.54, 1.807) is 6.26 Å². The molecular formula is C17H30N4O8S2. The number of nitrogens with one attached hydrogen (secondary N) is 3. The van der Waals surface area contributed by atoms with Crippen molar-refractivity contribution in [2.45, 2.75) is 56.5 Å². The van der Waals surface area contributed by atoms with Gasteiger partial charge in [0, 0.05) is 12.2 Å². The number of aliphatic hydroxyl groups excluding tert-OH is 1. The maximum absolute atomic E-state index is 12.7. The fourth-order valence-corrected chi connectivity index (χ4v) is 2.95. The second kappa shape index (κ2) is 14.9. The lowest BCUT2D eigenvalue weighted by Crippen LogP contribution is -2.58. The Morgan fingerprint density at radius 3 is 1.94 bits per heavy atom. The highest BCUT2D eigenvalue weighted by Gasteiger charge is 2.31. The molecule has 0 heterocycles. The van der Waals surface area contributed by atoms with Gasteiger partial charge in [-0.05, 0) is 31.8 Å². The third-order valence-corrected chi connectivity index (χ3v) is 5.14. The SMILES string of the molecule is CSCCC(NC(=O)C(CCC(=O)O)NC(=O)C(N)CS)C(=O)NC(C(=O)O)C(C)O. The maximum atomic E-state index is 12.7. The summed E-state index contributed by atoms with van der Waals surface area (Å²) in [5.74, 6) is -4.60. The molecule has 0 aliphatic rings. The summed E-state index contributed by atoms with van der Waals surface area (Å²) in [6.07, 6.45) is -0.181. The van der Waals surface area contributed by atoms with E-state index in [1.165, 1.54) is 18.7 Å². The number of carbonyl (C=O) groups excluding carboxylic acids is 3. The van der Waals surface area contributed by atoms with Crippen molar-refractivity contribution in [1.29, 1.82) is 0 Å². The number of carboxylic acid groups (broad SMARTS) is 2. The number of aliphatic carboxylic acids is 2. The Kier molecular flexibility index (Phi) is 13.9. The van der Waals surface area contributed by atoms with E-state index >= 15 is 0 Å². The Bertz CT molecular complexity index is 650. The Morgan fingerprint density at radius 2 is 1.48 bits per heavy atom. The van der Waals surface area contributed by atoms with Crippen LogP contribution in [0.5, 0.6) is 0 Å². The maximum Gasteiger partial charge on any atom is 0.328 e. The summed E-state index contributed by atoms with van der Waals surface area (Å²) in [7, 11) is 0. The molecule has 178 valence electrons. The fraction of sp³-hybridized carbons (Fsp3) is 0.706. The molecule has 0 spiro atoms. The van der Waals surface area contributed by atoms with Crippen LogP contribution in [0.4, 0.5) is 0 Å². The summed E-state index contributed by atoms with van der Waals surface area (Å²) in [5.41, 5.74) is 5.56. The van der Waals surface area contributed by atoms with Crippen molar-refractivity contribution in [3.8, 4) is 0 Å². The lowest BCUT2D eigenvalue weighted by molar-refractivity contribution is -0.145. The van der Waals surface area contributed by atoms with Gasteiger partial charge in [0.2, 0.25) is 17.7 Å². The molecule has 0 rings (SSSR count). The summed E-state index contributed by atoms with van der Waals surface area (Å²) in [6, 6.07) is -5.08. The van der Waals surface area contributed by atoms with Gasteiger partial charge < -0.3 is 37.0 Å². The molecule has 0 bridgehead atoms. The van der Waals surface area contributed by atoms with E-state index in [1.807, 2.05) is 0 Å². The fourth-order valence-electron chi connectivity index (χ4n) is 2.32. The topological polar surface area (TPSA) is 208 Å². The molecule has 0 radical (unpaired) electrons. The molecular weight excluding hydrogens is 452 g/mol. The monoisotopic (exact) mass is 482 g/mol. The van der Waals surface area contributed by atoms with E-state index in [9.17, 15) is 29.1 Å². The Morgan fingerprint density at radius 1 is 0.968 bits per heavy atom. The van der Waals surface area contributed by atoms with Crippen molar-refractivity contribution < 1.29 is 39.3 Å². The van der Waals surface area contributed by atoms with Gasteiger partial charge in [-0.25, -0.2) is 4.79 Å². The predicted octanol–water partition coefficient (Wildman–Crippen LogP) is -2.22. The minimum absolute atomic E-state index is 0.00617. The van der Waals surface area contributed by atoms with Crippen LogP contribution in [0.2, 0.25) is 0 Å². The van der Waals surface area contributed by atoms with Gasteiger partial charge in [-0.3, -0.25) is 19.2 Å². The highest BCUT2D eigenvalue weighted by Crippen LogP contribution is 2.06. The predicted molar refractivity (Wildman–Crippen MR) is 117 cm³/mol. The van der Waals surface area contributed by atoms with Crippen molar-refractivity contribution in [1.82, 2.24) is 16.0 Å². The summed E-state index contributed by atoms with van der Waals surface area (Å²) < 4.78 is 0. The van der Waals surface area contributed by atoms with Crippen LogP contribution in [0, 0.1) is 0 Å². The van der Waals surface area contributed by atoms with Crippen molar-refractivity contribution in [2.24, 2.45) is 5.73 Å². The number of amides is 3. The molecule has 0 aromatic rings. The van der Waals surface area contributed by atoms with E-state index in [0.29, 0.717) is 5.75 Å². The molecule has 8 N–H and O–H groups in total. The zero-order valence-corrected chi connectivity index (χ0v) is 18.9. The van der Waals surface area contributed by atoms with Crippen LogP contribution in [-0.4, -0.2) is 93.0 Å². The van der Waals surface area contributed by atoms with E-state index in [0.717, 1.165) is 0 Å². The van der Waals surface area contributed by atoms with Gasteiger partial charge in [-0.1, -0.05) is 0 Å². The lowest BCUT2D eigenvalue weighted by Gasteiger charge is -2.25. The summed E-state index contributed by atoms with van der Waals surface area (Å²) in [4.78, 5) is 59.4. The Balaban J connectivity index is 5.45. The second-order valence-corrected chi connectivity index (χ2v) is 8.04. The van der Waals surface area contributed by atoms with Gasteiger partial charge in [0.05, 0.1) is 12.1 Å². The van der Waals surface area contributed by atoms with E-state index in [-0.39, 0.29) is 18.6 Å². The number of thiol groups is 1. The average molecular weight is 483 g/mol. The largest absolute Gasteiger partial charge is 0.481 e. The Labute approximate surface area is 189 Å². The van der Waals surface area contributed by atoms with Gasteiger partial charge in [0.15, 0.2) is 6.04 Å². The lowest BCUT2D eigenvalue weighted by atomic mass is 10.1. The number of hydrogen-bond donors (Lipinski definition) is 8. The number of nitrogens with two attached hydrogens (primary N) is 1. The van der Waals surface area contributed by atoms with Crippen LogP contribution in [-0.2, 0) is 24.0 Å². The first-order chi connectivity index (χ1) is 14.4. The smallest absolute Gasteiger partial charge is 0.328 e. The van der Waals surface area contributed by atoms with Gasteiger partial charge >= 0.3 is 11.9 Å². The normalized spacial score (nSPS) is 15.6. The van der Waals surface area contributed by atoms with Crippen LogP contribution < -0.4 is 21.7 Å². The molecule has 0 saturated heterocycles. The van der Waals surface area contributed by atoms with Gasteiger partial charge in [0.25, 0.3) is 0 Å². The van der Waals surface area contributed by atoms with E-state index in [4.69, 9.17) is 15.9 Å². The molecule has 14 heteroatoms. The summed E-state index contributed by atoms with van der Waals surface area (Å²) >= 11 is 5.27. The zero-order chi connectivity index (χ0) is 24.1. The molecule has 0 aliphatic heterocycles. The average Bonchev–Trinajstić information content (AvgIpc) is 2.70. The van der Waals surface area contributed by atoms with Crippen LogP contribution in [0.25, 0.3) is 0 Å². The summed E-state index contributed by atoms with van der Waals surface area (Å²) in [5, 5.41) is 34.5. The molecule has 12 nitrogen and oxygen atoms in total. The molecule has 0 aromatic carbocycles. The number of hydrogen-bond acceptors (Lipinski definition) is 9. The molecule has 5 atom stereocenters. The zero-order valence-electron chi connectivity index (χ0n) is 17.2. The quantitative estimate of drug-likeness (QED) is 0.118. The van der Waals surface area contributed by atoms with Crippen molar-refractivity contribution >= 4 is 54.1 Å². The molecule has 0 saturated carbocycles. The van der Waals surface area contributed by atoms with Gasteiger partial charge in [-0.15, -0.1) is 0 Å². The second-order valence-electron chi connectivity index (χ2n) is 6.69. The number of rotatable bonds is 15. The number of carbonyl (C=O) groups is 5.